The van der Waals surface area contributed by atoms with Crippen LogP contribution in [0.1, 0.15) is 26.2 Å². The van der Waals surface area contributed by atoms with E-state index in [4.69, 9.17) is 5.73 Å². The minimum absolute atomic E-state index is 0.0920. The van der Waals surface area contributed by atoms with Crippen LogP contribution in [-0.4, -0.2) is 19.3 Å². The van der Waals surface area contributed by atoms with Gasteiger partial charge in [-0.2, -0.15) is 0 Å². The molecule has 6 nitrogen and oxygen atoms in total. The van der Waals surface area contributed by atoms with Crippen LogP contribution in [0, 0.1) is 0 Å². The van der Waals surface area contributed by atoms with Crippen molar-refractivity contribution in [2.75, 3.05) is 5.73 Å². The number of aromatic amines is 1. The molecule has 3 N–H and O–H groups in total. The van der Waals surface area contributed by atoms with Gasteiger partial charge in [0, 0.05) is 26.0 Å². The zero-order chi connectivity index (χ0) is 14.3. The number of nitrogen functional groups attached to an aromatic ring is 1. The Kier molecular flexibility index (Phi) is 3.00. The lowest BCUT2D eigenvalue weighted by molar-refractivity contribution is 0.564. The summed E-state index contributed by atoms with van der Waals surface area (Å²) in [6.07, 6.45) is 7.02. The molecule has 20 heavy (non-hydrogen) atoms. The summed E-state index contributed by atoms with van der Waals surface area (Å²) in [5.41, 5.74) is 8.05. The van der Waals surface area contributed by atoms with Crippen molar-refractivity contribution in [3.63, 3.8) is 0 Å². The van der Waals surface area contributed by atoms with E-state index in [1.165, 1.54) is 17.4 Å². The molecule has 0 saturated carbocycles. The van der Waals surface area contributed by atoms with E-state index < -0.39 is 0 Å². The minimum atomic E-state index is -0.0920. The standard InChI is InChI=1S/C14H19N5O/c1-3-4-5-6-19-13-9(7-16-19)12(15)11-10(17-13)8-18(2)14(11)20/h7-8,16H,3-6,15H2,1-2H3. The van der Waals surface area contributed by atoms with Crippen molar-refractivity contribution in [2.24, 2.45) is 7.05 Å². The molecule has 106 valence electrons. The highest BCUT2D eigenvalue weighted by atomic mass is 16.1. The number of pyridine rings is 1. The second kappa shape index (κ2) is 4.70. The lowest BCUT2D eigenvalue weighted by Gasteiger charge is -2.04. The Labute approximate surface area is 116 Å². The van der Waals surface area contributed by atoms with Gasteiger partial charge in [-0.05, 0) is 6.42 Å². The molecule has 0 aliphatic heterocycles. The number of nitrogens with zero attached hydrogens (tertiary/aromatic N) is 3. The zero-order valence-electron chi connectivity index (χ0n) is 11.8. The van der Waals surface area contributed by atoms with Crippen LogP contribution in [0.2, 0.25) is 0 Å². The lowest BCUT2D eigenvalue weighted by atomic mass is 10.2. The topological polar surface area (TPSA) is 81.6 Å². The molecule has 6 heteroatoms. The van der Waals surface area contributed by atoms with E-state index in [-0.39, 0.29) is 5.56 Å². The first-order valence-electron chi connectivity index (χ1n) is 6.96. The van der Waals surface area contributed by atoms with Crippen molar-refractivity contribution in [3.8, 4) is 0 Å². The van der Waals surface area contributed by atoms with E-state index in [0.29, 0.717) is 16.6 Å². The minimum Gasteiger partial charge on any atom is -0.397 e. The Bertz CT molecular complexity index is 823. The third-order valence-corrected chi connectivity index (χ3v) is 3.74. The molecule has 3 aromatic heterocycles. The maximum absolute atomic E-state index is 12.0. The summed E-state index contributed by atoms with van der Waals surface area (Å²) in [5, 5.41) is 4.51. The molecule has 0 radical (unpaired) electrons. The number of H-pyrrole nitrogens is 1. The van der Waals surface area contributed by atoms with Gasteiger partial charge in [-0.3, -0.25) is 9.48 Å². The SMILES string of the molecule is CCCCCn1[nH]cc2c(N)c3c(=O)n(C)cc3nc21. The second-order valence-electron chi connectivity index (χ2n) is 5.20. The van der Waals surface area contributed by atoms with Gasteiger partial charge < -0.3 is 15.4 Å². The van der Waals surface area contributed by atoms with Crippen LogP contribution < -0.4 is 11.3 Å². The molecule has 0 aliphatic carbocycles. The van der Waals surface area contributed by atoms with Crippen LogP contribution in [0.4, 0.5) is 5.69 Å². The van der Waals surface area contributed by atoms with Crippen molar-refractivity contribution >= 4 is 27.6 Å². The molecular formula is C14H19N5O. The third-order valence-electron chi connectivity index (χ3n) is 3.74. The van der Waals surface area contributed by atoms with Crippen LogP contribution in [0.5, 0.6) is 0 Å². The van der Waals surface area contributed by atoms with Crippen molar-refractivity contribution in [1.29, 1.82) is 0 Å². The number of fused-ring (bicyclic) bond motifs is 2. The number of aryl methyl sites for hydroxylation is 2. The molecule has 3 heterocycles. The summed E-state index contributed by atoms with van der Waals surface area (Å²) in [6.45, 7) is 3.06. The summed E-state index contributed by atoms with van der Waals surface area (Å²) in [4.78, 5) is 16.6. The Hall–Kier alpha value is -2.24. The zero-order valence-corrected chi connectivity index (χ0v) is 11.8. The molecule has 3 aromatic rings. The number of hydrogen-bond acceptors (Lipinski definition) is 3. The monoisotopic (exact) mass is 273 g/mol. The normalized spacial score (nSPS) is 11.7. The molecule has 0 atom stereocenters. The number of hydrogen-bond donors (Lipinski definition) is 2. The van der Waals surface area contributed by atoms with Crippen molar-refractivity contribution in [3.05, 3.63) is 22.7 Å². The molecule has 0 saturated heterocycles. The highest BCUT2D eigenvalue weighted by Crippen LogP contribution is 2.26. The first-order valence-corrected chi connectivity index (χ1v) is 6.96. The number of nitrogens with two attached hydrogens (primary N) is 1. The largest absolute Gasteiger partial charge is 0.397 e. The van der Waals surface area contributed by atoms with Gasteiger partial charge in [0.05, 0.1) is 22.0 Å². The first kappa shape index (κ1) is 12.8. The Morgan fingerprint density at radius 3 is 2.95 bits per heavy atom. The Morgan fingerprint density at radius 1 is 1.40 bits per heavy atom. The van der Waals surface area contributed by atoms with Crippen molar-refractivity contribution in [1.82, 2.24) is 19.3 Å². The summed E-state index contributed by atoms with van der Waals surface area (Å²) in [5.74, 6) is 0. The molecule has 0 aromatic carbocycles. The molecular weight excluding hydrogens is 254 g/mol. The van der Waals surface area contributed by atoms with Crippen LogP contribution in [0.15, 0.2) is 17.2 Å². The highest BCUT2D eigenvalue weighted by Gasteiger charge is 2.15. The molecule has 0 spiro atoms. The van der Waals surface area contributed by atoms with Crippen LogP contribution in [-0.2, 0) is 13.6 Å². The fourth-order valence-corrected chi connectivity index (χ4v) is 2.60. The number of aromatic nitrogens is 4. The van der Waals surface area contributed by atoms with Gasteiger partial charge in [0.1, 0.15) is 0 Å². The van der Waals surface area contributed by atoms with E-state index in [2.05, 4.69) is 17.0 Å². The molecule has 0 bridgehead atoms. The van der Waals surface area contributed by atoms with Gasteiger partial charge in [0.2, 0.25) is 0 Å². The number of nitrogens with one attached hydrogen (secondary N) is 1. The van der Waals surface area contributed by atoms with E-state index in [1.807, 2.05) is 10.9 Å². The summed E-state index contributed by atoms with van der Waals surface area (Å²) < 4.78 is 3.52. The second-order valence-corrected chi connectivity index (χ2v) is 5.20. The van der Waals surface area contributed by atoms with Crippen LogP contribution >= 0.6 is 0 Å². The van der Waals surface area contributed by atoms with Crippen LogP contribution in [0.25, 0.3) is 21.9 Å². The first-order chi connectivity index (χ1) is 9.63. The third kappa shape index (κ3) is 1.79. The maximum Gasteiger partial charge on any atom is 0.261 e. The fourth-order valence-electron chi connectivity index (χ4n) is 2.60. The van der Waals surface area contributed by atoms with E-state index in [9.17, 15) is 4.79 Å². The van der Waals surface area contributed by atoms with Gasteiger partial charge >= 0.3 is 0 Å². The fraction of sp³-hybridized carbons (Fsp3) is 0.429. The van der Waals surface area contributed by atoms with E-state index in [0.717, 1.165) is 24.0 Å². The summed E-state index contributed by atoms with van der Waals surface area (Å²) in [6, 6.07) is 0. The highest BCUT2D eigenvalue weighted by molar-refractivity contribution is 6.05. The molecule has 3 rings (SSSR count). The number of unbranched alkanes of at least 4 members (excludes halogenated alkanes) is 2. The van der Waals surface area contributed by atoms with Crippen molar-refractivity contribution in [2.45, 2.75) is 32.7 Å². The van der Waals surface area contributed by atoms with E-state index in [1.54, 1.807) is 13.2 Å². The van der Waals surface area contributed by atoms with Gasteiger partial charge in [-0.15, -0.1) is 0 Å². The Morgan fingerprint density at radius 2 is 2.20 bits per heavy atom. The molecule has 0 amide bonds. The quantitative estimate of drug-likeness (QED) is 0.713. The maximum atomic E-state index is 12.0. The predicted molar refractivity (Wildman–Crippen MR) is 80.8 cm³/mol. The van der Waals surface area contributed by atoms with Crippen molar-refractivity contribution < 1.29 is 0 Å². The van der Waals surface area contributed by atoms with Gasteiger partial charge in [-0.25, -0.2) is 4.98 Å². The summed E-state index contributed by atoms with van der Waals surface area (Å²) in [7, 11) is 1.72. The van der Waals surface area contributed by atoms with Gasteiger partial charge in [0.25, 0.3) is 5.56 Å². The Balaban J connectivity index is 2.18. The van der Waals surface area contributed by atoms with E-state index >= 15 is 0 Å². The molecule has 0 fully saturated rings. The average molecular weight is 273 g/mol. The van der Waals surface area contributed by atoms with Crippen LogP contribution in [0.3, 0.4) is 0 Å². The number of anilines is 1. The van der Waals surface area contributed by atoms with Gasteiger partial charge in [0.15, 0.2) is 5.65 Å². The van der Waals surface area contributed by atoms with Gasteiger partial charge in [-0.1, -0.05) is 19.8 Å². The number of rotatable bonds is 4. The smallest absolute Gasteiger partial charge is 0.261 e. The predicted octanol–water partition coefficient (Wildman–Crippen LogP) is 1.99. The summed E-state index contributed by atoms with van der Waals surface area (Å²) >= 11 is 0. The molecule has 0 aliphatic rings. The molecule has 0 unspecified atom stereocenters. The average Bonchev–Trinajstić information content (AvgIpc) is 2.94. The lowest BCUT2D eigenvalue weighted by Crippen LogP contribution is -2.10.